The van der Waals surface area contributed by atoms with Crippen molar-refractivity contribution < 1.29 is 90.5 Å². The first-order valence-electron chi connectivity index (χ1n) is 20.8. The van der Waals surface area contributed by atoms with Gasteiger partial charge in [-0.15, -0.1) is 0 Å². The number of carbonyl (C=O) groups excluding carboxylic acids is 8. The molecule has 0 N–H and O–H groups in total. The van der Waals surface area contributed by atoms with E-state index in [-0.39, 0.29) is 22.3 Å². The fourth-order valence-electron chi connectivity index (χ4n) is 7.07. The number of benzene rings is 4. The Hall–Kier alpha value is -7.48. The van der Waals surface area contributed by atoms with Crippen molar-refractivity contribution in [2.75, 3.05) is 13.2 Å². The van der Waals surface area contributed by atoms with Crippen LogP contribution in [0.5, 0.6) is 0 Å². The molecule has 67 heavy (non-hydrogen) atoms. The Balaban J connectivity index is 1.50. The van der Waals surface area contributed by atoms with E-state index in [4.69, 9.17) is 52.1 Å². The third kappa shape index (κ3) is 13.3. The van der Waals surface area contributed by atoms with Crippen LogP contribution in [-0.2, 0) is 71.3 Å². The molecule has 0 aliphatic carbocycles. The molecule has 4 aromatic rings. The molecular weight excluding hydrogens is 881 g/mol. The van der Waals surface area contributed by atoms with Crippen LogP contribution in [0, 0.1) is 0 Å². The van der Waals surface area contributed by atoms with Crippen molar-refractivity contribution >= 4 is 47.8 Å². The van der Waals surface area contributed by atoms with Crippen LogP contribution in [0.25, 0.3) is 0 Å². The van der Waals surface area contributed by atoms with E-state index in [1.807, 2.05) is 0 Å². The Bertz CT molecular complexity index is 2360. The van der Waals surface area contributed by atoms with E-state index >= 15 is 0 Å². The van der Waals surface area contributed by atoms with Gasteiger partial charge in [0.1, 0.15) is 25.4 Å². The van der Waals surface area contributed by atoms with Gasteiger partial charge in [0.25, 0.3) is 0 Å². The van der Waals surface area contributed by atoms with Gasteiger partial charge < -0.3 is 52.1 Å². The average molecular weight is 927 g/mol. The van der Waals surface area contributed by atoms with Crippen molar-refractivity contribution in [1.82, 2.24) is 0 Å². The second-order valence-electron chi connectivity index (χ2n) is 14.9. The summed E-state index contributed by atoms with van der Waals surface area (Å²) in [7, 11) is 0. The molecule has 0 unspecified atom stereocenters. The highest BCUT2D eigenvalue weighted by Gasteiger charge is 2.58. The quantitative estimate of drug-likeness (QED) is 0.112. The van der Waals surface area contributed by atoms with Crippen LogP contribution in [0.2, 0.25) is 0 Å². The molecule has 352 valence electrons. The maximum atomic E-state index is 14.1. The maximum Gasteiger partial charge on any atom is 0.338 e. The molecule has 0 amide bonds. The Morgan fingerprint density at radius 3 is 1.06 bits per heavy atom. The first-order valence-corrected chi connectivity index (χ1v) is 20.8. The average Bonchev–Trinajstić information content (AvgIpc) is 3.31. The molecule has 4 aromatic carbocycles. The van der Waals surface area contributed by atoms with Crippen molar-refractivity contribution in [2.24, 2.45) is 0 Å². The first-order chi connectivity index (χ1) is 32.2. The molecule has 2 aliphatic rings. The van der Waals surface area contributed by atoms with Crippen molar-refractivity contribution in [3.63, 3.8) is 0 Å². The van der Waals surface area contributed by atoms with Gasteiger partial charge in [-0.05, 0) is 48.5 Å². The fourth-order valence-corrected chi connectivity index (χ4v) is 7.07. The van der Waals surface area contributed by atoms with E-state index in [1.54, 1.807) is 72.8 Å². The minimum Gasteiger partial charge on any atom is -0.463 e. The van der Waals surface area contributed by atoms with Crippen LogP contribution in [0.15, 0.2) is 121 Å². The van der Waals surface area contributed by atoms with Gasteiger partial charge in [0, 0.05) is 27.7 Å². The number of ether oxygens (including phenoxy) is 11. The molecule has 2 aliphatic heterocycles. The zero-order valence-corrected chi connectivity index (χ0v) is 36.5. The molecule has 10 atom stereocenters. The molecule has 0 aromatic heterocycles. The maximum absolute atomic E-state index is 14.1. The lowest BCUT2D eigenvalue weighted by Gasteiger charge is -2.48. The lowest BCUT2D eigenvalue weighted by molar-refractivity contribution is -0.375. The molecule has 19 heteroatoms. The molecule has 2 fully saturated rings. The van der Waals surface area contributed by atoms with Gasteiger partial charge in [-0.2, -0.15) is 0 Å². The van der Waals surface area contributed by atoms with Gasteiger partial charge in [-0.25, -0.2) is 19.2 Å². The number of hydrogen-bond acceptors (Lipinski definition) is 19. The van der Waals surface area contributed by atoms with Crippen LogP contribution in [0.4, 0.5) is 0 Å². The zero-order valence-electron chi connectivity index (χ0n) is 36.5. The third-order valence-corrected chi connectivity index (χ3v) is 9.95. The van der Waals surface area contributed by atoms with Gasteiger partial charge in [-0.3, -0.25) is 19.2 Å². The molecule has 0 radical (unpaired) electrons. The predicted molar refractivity (Wildman–Crippen MR) is 225 cm³/mol. The lowest BCUT2D eigenvalue weighted by Crippen LogP contribution is -2.67. The number of hydrogen-bond donors (Lipinski definition) is 0. The summed E-state index contributed by atoms with van der Waals surface area (Å²) in [5.74, 6) is -7.41. The Labute approximate surface area is 383 Å². The lowest BCUT2D eigenvalue weighted by atomic mass is 9.96. The normalized spacial score (nSPS) is 24.4. The van der Waals surface area contributed by atoms with E-state index in [9.17, 15) is 38.4 Å². The van der Waals surface area contributed by atoms with Gasteiger partial charge in [0.05, 0.1) is 22.3 Å². The van der Waals surface area contributed by atoms with Crippen LogP contribution >= 0.6 is 0 Å². The standard InChI is InChI=1S/C48H46O19/c1-27(49)57-25-35-37(59-28(2)50)39(60-29(3)51)41(61-30(4)52)47(62-35)67-48-42(66-46(56)34-23-15-8-16-24-34)40(65-45(55)33-21-13-7-14-22-33)38(64-44(54)32-19-11-6-12-20-32)36(63-48)26-58-43(53)31-17-9-5-10-18-31/h5-24,35-42,47-48H,25-26H2,1-4H3/t35-,36-,37-,38-,39+,40+,41+,42+,47-,48-/m1/s1. The van der Waals surface area contributed by atoms with Crippen LogP contribution in [0.1, 0.15) is 69.1 Å². The second kappa shape index (κ2) is 23.1. The summed E-state index contributed by atoms with van der Waals surface area (Å²) in [6.07, 6.45) is -17.8. The van der Waals surface area contributed by atoms with Gasteiger partial charge in [0.15, 0.2) is 36.6 Å². The molecule has 19 nitrogen and oxygen atoms in total. The van der Waals surface area contributed by atoms with E-state index in [0.29, 0.717) is 0 Å². The van der Waals surface area contributed by atoms with Crippen molar-refractivity contribution in [3.05, 3.63) is 144 Å². The molecule has 0 saturated carbocycles. The molecule has 2 heterocycles. The van der Waals surface area contributed by atoms with E-state index in [2.05, 4.69) is 0 Å². The van der Waals surface area contributed by atoms with Gasteiger partial charge in [-0.1, -0.05) is 72.8 Å². The van der Waals surface area contributed by atoms with Gasteiger partial charge >= 0.3 is 47.8 Å². The molecule has 6 rings (SSSR count). The summed E-state index contributed by atoms with van der Waals surface area (Å²) in [5, 5.41) is 0. The fraction of sp³-hybridized carbons (Fsp3) is 0.333. The molecular formula is C48H46O19. The van der Waals surface area contributed by atoms with Crippen LogP contribution < -0.4 is 0 Å². The highest BCUT2D eigenvalue weighted by atomic mass is 16.8. The van der Waals surface area contributed by atoms with Gasteiger partial charge in [0.2, 0.25) is 12.6 Å². The van der Waals surface area contributed by atoms with Crippen molar-refractivity contribution in [3.8, 4) is 0 Å². The second-order valence-corrected chi connectivity index (χ2v) is 14.9. The summed E-state index contributed by atoms with van der Waals surface area (Å²) < 4.78 is 64.9. The van der Waals surface area contributed by atoms with Crippen molar-refractivity contribution in [1.29, 1.82) is 0 Å². The molecule has 0 bridgehead atoms. The highest BCUT2D eigenvalue weighted by molar-refractivity contribution is 5.91. The summed E-state index contributed by atoms with van der Waals surface area (Å²) in [6.45, 7) is 2.81. The largest absolute Gasteiger partial charge is 0.463 e. The van der Waals surface area contributed by atoms with E-state index in [1.165, 1.54) is 48.5 Å². The third-order valence-electron chi connectivity index (χ3n) is 9.95. The number of esters is 8. The highest BCUT2D eigenvalue weighted by Crippen LogP contribution is 2.36. The number of carbonyl (C=O) groups is 8. The summed E-state index contributed by atoms with van der Waals surface area (Å²) in [5.41, 5.74) is 0.185. The van der Waals surface area contributed by atoms with Crippen molar-refractivity contribution in [2.45, 2.75) is 89.1 Å². The minimum absolute atomic E-state index is 0.00146. The van der Waals surface area contributed by atoms with E-state index in [0.717, 1.165) is 27.7 Å². The number of rotatable bonds is 16. The summed E-state index contributed by atoms with van der Waals surface area (Å²) in [4.78, 5) is 105. The van der Waals surface area contributed by atoms with Crippen LogP contribution in [0.3, 0.4) is 0 Å². The topological polar surface area (TPSA) is 238 Å². The Kier molecular flexibility index (Phi) is 16.9. The first kappa shape index (κ1) is 49.0. The smallest absolute Gasteiger partial charge is 0.338 e. The molecule has 0 spiro atoms. The van der Waals surface area contributed by atoms with E-state index < -0.39 is 122 Å². The van der Waals surface area contributed by atoms with Crippen LogP contribution in [-0.4, -0.2) is 122 Å². The summed E-state index contributed by atoms with van der Waals surface area (Å²) in [6, 6.07) is 30.8. The summed E-state index contributed by atoms with van der Waals surface area (Å²) >= 11 is 0. The predicted octanol–water partition coefficient (Wildman–Crippen LogP) is 4.34. The monoisotopic (exact) mass is 926 g/mol. The minimum atomic E-state index is -2.02. The molecule has 2 saturated heterocycles. The Morgan fingerprint density at radius 1 is 0.358 bits per heavy atom. The SMILES string of the molecule is CC(=O)OC[C@H]1O[C@H](O[C@H]2O[C@H](COC(=O)c3ccccc3)[C@@H](OC(=O)c3ccccc3)[C@H](OC(=O)c3ccccc3)[C@@H]2OC(=O)c2ccccc2)[C@@H](OC(C)=O)[C@@H](OC(C)=O)[C@@H]1OC(C)=O. The Morgan fingerprint density at radius 2 is 0.657 bits per heavy atom. The zero-order chi connectivity index (χ0) is 48.0.